The van der Waals surface area contributed by atoms with Gasteiger partial charge in [0.05, 0.1) is 11.7 Å². The van der Waals surface area contributed by atoms with Crippen molar-refractivity contribution in [3.05, 3.63) is 41.8 Å². The number of aryl methyl sites for hydroxylation is 1. The van der Waals surface area contributed by atoms with Gasteiger partial charge in [-0.2, -0.15) is 19.4 Å². The molecule has 1 aliphatic heterocycles. The van der Waals surface area contributed by atoms with Gasteiger partial charge in [0.15, 0.2) is 0 Å². The first-order chi connectivity index (χ1) is 14.7. The fraction of sp³-hybridized carbons (Fsp3) is 0.474. The summed E-state index contributed by atoms with van der Waals surface area (Å²) in [6, 6.07) is -0.697. The lowest BCUT2D eigenvalue weighted by Crippen LogP contribution is -2.52. The minimum absolute atomic E-state index is 0.0140. The molecule has 2 aliphatic carbocycles. The van der Waals surface area contributed by atoms with Gasteiger partial charge in [0, 0.05) is 18.8 Å². The van der Waals surface area contributed by atoms with Crippen LogP contribution in [0.2, 0.25) is 0 Å². The number of nitrogens with one attached hydrogen (secondary N) is 1. The predicted molar refractivity (Wildman–Crippen MR) is 106 cm³/mol. The number of carbonyl (C=O) groups excluding carboxylic acids is 2. The van der Waals surface area contributed by atoms with Gasteiger partial charge in [0.1, 0.15) is 43.0 Å². The van der Waals surface area contributed by atoms with E-state index >= 15 is 0 Å². The molecule has 1 unspecified atom stereocenters. The summed E-state index contributed by atoms with van der Waals surface area (Å²) in [7, 11) is -2.32. The number of fused-ring (bicyclic) bond motifs is 1. The first kappa shape index (κ1) is 21.5. The van der Waals surface area contributed by atoms with E-state index in [9.17, 15) is 26.8 Å². The Bertz CT molecular complexity index is 1130. The van der Waals surface area contributed by atoms with Crippen LogP contribution in [0.3, 0.4) is 0 Å². The van der Waals surface area contributed by atoms with Gasteiger partial charge in [0.25, 0.3) is 0 Å². The summed E-state index contributed by atoms with van der Waals surface area (Å²) in [5.74, 6) is -0.685. The molecule has 12 heteroatoms. The summed E-state index contributed by atoms with van der Waals surface area (Å²) in [4.78, 5) is 26.9. The Morgan fingerprint density at radius 2 is 2.06 bits per heavy atom. The highest BCUT2D eigenvalue weighted by molar-refractivity contribution is 7.90. The molecule has 0 radical (unpaired) electrons. The first-order valence-electron chi connectivity index (χ1n) is 9.73. The lowest BCUT2D eigenvalue weighted by atomic mass is 9.99. The van der Waals surface area contributed by atoms with Crippen LogP contribution < -0.4 is 4.72 Å². The molecular weight excluding hydrogens is 432 g/mol. The van der Waals surface area contributed by atoms with Crippen molar-refractivity contribution in [1.82, 2.24) is 19.4 Å². The summed E-state index contributed by atoms with van der Waals surface area (Å²) in [5, 5.41) is 2.78. The van der Waals surface area contributed by atoms with Gasteiger partial charge in [0.2, 0.25) is 10.0 Å². The van der Waals surface area contributed by atoms with E-state index in [2.05, 4.69) is 9.82 Å². The number of nitrogens with zero attached hydrogens (tertiary/aromatic N) is 4. The average Bonchev–Trinajstić information content (AvgIpc) is 3.38. The Morgan fingerprint density at radius 1 is 1.32 bits per heavy atom. The number of amides is 3. The van der Waals surface area contributed by atoms with Crippen LogP contribution in [0.5, 0.6) is 0 Å². The van der Waals surface area contributed by atoms with Crippen LogP contribution in [-0.2, 0) is 28.4 Å². The van der Waals surface area contributed by atoms with Crippen LogP contribution in [0.15, 0.2) is 36.2 Å². The maximum atomic E-state index is 13.2. The number of hydrogen-bond donors (Lipinski definition) is 1. The molecule has 1 aromatic rings. The SMILES string of the molecule is Cn1cc(CN2C(=O)C3=CC(S(=O)(=O)NC4(CF)CC4)C=CC3=[N+](CCF)C2=O)cn1. The van der Waals surface area contributed by atoms with Crippen LogP contribution in [0.1, 0.15) is 18.4 Å². The summed E-state index contributed by atoms with van der Waals surface area (Å²) < 4.78 is 56.9. The molecular formula is C19H22F2N5O4S+. The second-order valence-electron chi connectivity index (χ2n) is 7.89. The molecule has 0 bridgehead atoms. The second-order valence-corrected chi connectivity index (χ2v) is 9.73. The van der Waals surface area contributed by atoms with Crippen LogP contribution in [0, 0.1) is 0 Å². The van der Waals surface area contributed by atoms with Crippen LogP contribution in [-0.4, -0.2) is 76.0 Å². The average molecular weight is 454 g/mol. The Hall–Kier alpha value is -2.73. The molecule has 0 aromatic carbocycles. The molecule has 1 saturated carbocycles. The van der Waals surface area contributed by atoms with Gasteiger partial charge < -0.3 is 0 Å². The smallest absolute Gasteiger partial charge is 0.275 e. The number of urea groups is 1. The Kier molecular flexibility index (Phi) is 5.38. The van der Waals surface area contributed by atoms with Crippen molar-refractivity contribution in [3.63, 3.8) is 0 Å². The van der Waals surface area contributed by atoms with Crippen LogP contribution in [0.4, 0.5) is 13.6 Å². The van der Waals surface area contributed by atoms with Gasteiger partial charge in [-0.15, -0.1) is 0 Å². The Balaban J connectivity index is 1.69. The summed E-state index contributed by atoms with van der Waals surface area (Å²) in [6.07, 6.45) is 7.81. The molecule has 3 aliphatic rings. The maximum Gasteiger partial charge on any atom is 0.501 e. The van der Waals surface area contributed by atoms with E-state index in [4.69, 9.17) is 0 Å². The third-order valence-electron chi connectivity index (χ3n) is 5.51. The summed E-state index contributed by atoms with van der Waals surface area (Å²) in [6.45, 7) is -2.03. The monoisotopic (exact) mass is 454 g/mol. The normalized spacial score (nSPS) is 22.6. The maximum absolute atomic E-state index is 13.2. The largest absolute Gasteiger partial charge is 0.501 e. The number of sulfonamides is 1. The molecule has 166 valence electrons. The summed E-state index contributed by atoms with van der Waals surface area (Å²) in [5.41, 5.74) is -0.355. The minimum Gasteiger partial charge on any atom is -0.275 e. The fourth-order valence-corrected chi connectivity index (χ4v) is 5.23. The number of carbonyl (C=O) groups is 2. The molecule has 0 saturated heterocycles. The Morgan fingerprint density at radius 3 is 2.65 bits per heavy atom. The number of allylic oxidation sites excluding steroid dienone is 1. The predicted octanol–water partition coefficient (Wildman–Crippen LogP) is 0.592. The number of rotatable bonds is 8. The molecule has 9 nitrogen and oxygen atoms in total. The molecule has 2 heterocycles. The second kappa shape index (κ2) is 7.75. The summed E-state index contributed by atoms with van der Waals surface area (Å²) >= 11 is 0. The number of halogens is 2. The van der Waals surface area contributed by atoms with E-state index in [1.807, 2.05) is 0 Å². The van der Waals surface area contributed by atoms with Crippen molar-refractivity contribution in [2.45, 2.75) is 30.2 Å². The van der Waals surface area contributed by atoms with Crippen molar-refractivity contribution >= 4 is 27.7 Å². The van der Waals surface area contributed by atoms with Crippen LogP contribution >= 0.6 is 0 Å². The van der Waals surface area contributed by atoms with Gasteiger partial charge >= 0.3 is 11.9 Å². The lowest BCUT2D eigenvalue weighted by molar-refractivity contribution is -0.437. The van der Waals surface area contributed by atoms with Crippen molar-refractivity contribution in [3.8, 4) is 0 Å². The van der Waals surface area contributed by atoms with E-state index in [1.165, 1.54) is 29.1 Å². The quantitative estimate of drug-likeness (QED) is 0.579. The van der Waals surface area contributed by atoms with Crippen molar-refractivity contribution in [1.29, 1.82) is 0 Å². The highest BCUT2D eigenvalue weighted by Gasteiger charge is 2.49. The highest BCUT2D eigenvalue weighted by atomic mass is 32.2. The number of aromatic nitrogens is 2. The van der Waals surface area contributed by atoms with Crippen molar-refractivity contribution in [2.24, 2.45) is 7.05 Å². The Labute approximate surface area is 177 Å². The van der Waals surface area contributed by atoms with Crippen LogP contribution in [0.25, 0.3) is 0 Å². The molecule has 31 heavy (non-hydrogen) atoms. The molecule has 1 aromatic heterocycles. The lowest BCUT2D eigenvalue weighted by Gasteiger charge is -2.26. The van der Waals surface area contributed by atoms with Gasteiger partial charge in [-0.05, 0) is 25.0 Å². The van der Waals surface area contributed by atoms with E-state index in [1.54, 1.807) is 13.2 Å². The van der Waals surface area contributed by atoms with Crippen molar-refractivity contribution < 1.29 is 31.4 Å². The zero-order valence-electron chi connectivity index (χ0n) is 16.8. The molecule has 1 atom stereocenters. The highest BCUT2D eigenvalue weighted by Crippen LogP contribution is 2.37. The zero-order valence-corrected chi connectivity index (χ0v) is 17.6. The van der Waals surface area contributed by atoms with E-state index in [0.717, 1.165) is 9.48 Å². The van der Waals surface area contributed by atoms with Gasteiger partial charge in [-0.25, -0.2) is 26.7 Å². The first-order valence-corrected chi connectivity index (χ1v) is 11.3. The van der Waals surface area contributed by atoms with Gasteiger partial charge in [-0.1, -0.05) is 6.08 Å². The topological polar surface area (TPSA) is 104 Å². The van der Waals surface area contributed by atoms with Crippen molar-refractivity contribution in [2.75, 3.05) is 19.9 Å². The fourth-order valence-electron chi connectivity index (χ4n) is 3.63. The zero-order chi connectivity index (χ0) is 22.4. The number of imide groups is 1. The standard InChI is InChI=1S/C19H22F2N5O4S/c1-24-10-13(9-22-24)11-26-17(27)15-8-14(31(29,30)23-19(12-21)4-5-19)2-3-16(15)25(7-6-20)18(26)28/h2-3,8-10,14,23H,4-7,11-12H2,1H3/q+1. The third-order valence-corrected chi connectivity index (χ3v) is 7.24. The molecule has 3 amide bonds. The molecule has 1 N–H and O–H groups in total. The molecule has 4 rings (SSSR count). The number of hydrogen-bond acceptors (Lipinski definition) is 5. The molecule has 1 fully saturated rings. The minimum atomic E-state index is -4.01. The molecule has 0 spiro atoms. The van der Waals surface area contributed by atoms with Gasteiger partial charge in [-0.3, -0.25) is 4.68 Å². The van der Waals surface area contributed by atoms with E-state index in [-0.39, 0.29) is 24.4 Å². The number of alkyl halides is 2. The van der Waals surface area contributed by atoms with E-state index in [0.29, 0.717) is 18.4 Å². The third kappa shape index (κ3) is 3.97. The van der Waals surface area contributed by atoms with E-state index < -0.39 is 46.1 Å².